The van der Waals surface area contributed by atoms with Crippen LogP contribution >= 0.6 is 27.3 Å². The van der Waals surface area contributed by atoms with Gasteiger partial charge in [-0.05, 0) is 42.5 Å². The predicted octanol–water partition coefficient (Wildman–Crippen LogP) is 5.45. The summed E-state index contributed by atoms with van der Waals surface area (Å²) in [5.41, 5.74) is 1.08. The molecule has 0 spiro atoms. The Kier molecular flexibility index (Phi) is 5.13. The number of nitrogens with one attached hydrogen (secondary N) is 1. The van der Waals surface area contributed by atoms with Crippen molar-refractivity contribution in [2.75, 3.05) is 0 Å². The van der Waals surface area contributed by atoms with Crippen LogP contribution in [0.5, 0.6) is 0 Å². The van der Waals surface area contributed by atoms with Crippen LogP contribution in [0.4, 0.5) is 4.39 Å². The fraction of sp³-hybridized carbons (Fsp3) is 0.333. The molecule has 0 bridgehead atoms. The van der Waals surface area contributed by atoms with Crippen molar-refractivity contribution in [2.45, 2.75) is 32.4 Å². The third kappa shape index (κ3) is 3.65. The van der Waals surface area contributed by atoms with Gasteiger partial charge in [-0.3, -0.25) is 0 Å². The fourth-order valence-electron chi connectivity index (χ4n) is 2.13. The highest BCUT2D eigenvalue weighted by atomic mass is 79.9. The molecule has 2 aromatic rings. The maximum atomic E-state index is 13.1. The maximum Gasteiger partial charge on any atom is 0.124 e. The van der Waals surface area contributed by atoms with E-state index in [1.165, 1.54) is 17.0 Å². The summed E-state index contributed by atoms with van der Waals surface area (Å²) in [7, 11) is 0. The Labute approximate surface area is 126 Å². The van der Waals surface area contributed by atoms with Gasteiger partial charge in [0.1, 0.15) is 5.82 Å². The maximum absolute atomic E-state index is 13.1. The minimum absolute atomic E-state index is 0.169. The van der Waals surface area contributed by atoms with Crippen molar-refractivity contribution in [3.63, 3.8) is 0 Å². The second-order valence-corrected chi connectivity index (χ2v) is 6.36. The summed E-state index contributed by atoms with van der Waals surface area (Å²) in [6, 6.07) is 9.58. The smallest absolute Gasteiger partial charge is 0.124 e. The third-order valence-corrected chi connectivity index (χ3v) is 4.85. The lowest BCUT2D eigenvalue weighted by Crippen LogP contribution is -2.23. The zero-order chi connectivity index (χ0) is 13.8. The van der Waals surface area contributed by atoms with Crippen LogP contribution in [0, 0.1) is 5.82 Å². The van der Waals surface area contributed by atoms with E-state index in [9.17, 15) is 4.39 Å². The SMILES string of the molecule is CCC(NC(C)c1ccc(F)cc1Br)c1cccs1. The normalized spacial score (nSPS) is 14.3. The van der Waals surface area contributed by atoms with Crippen LogP contribution in [0.1, 0.15) is 42.8 Å². The summed E-state index contributed by atoms with van der Waals surface area (Å²) < 4.78 is 13.9. The Balaban J connectivity index is 2.13. The molecular weight excluding hydrogens is 325 g/mol. The van der Waals surface area contributed by atoms with Gasteiger partial charge in [-0.25, -0.2) is 4.39 Å². The van der Waals surface area contributed by atoms with Crippen molar-refractivity contribution in [2.24, 2.45) is 0 Å². The van der Waals surface area contributed by atoms with Crippen LogP contribution in [0.3, 0.4) is 0 Å². The summed E-state index contributed by atoms with van der Waals surface area (Å²) in [5, 5.41) is 5.70. The van der Waals surface area contributed by atoms with Gasteiger partial charge in [0.15, 0.2) is 0 Å². The average Bonchev–Trinajstić information content (AvgIpc) is 2.89. The zero-order valence-electron chi connectivity index (χ0n) is 11.0. The number of rotatable bonds is 5. The predicted molar refractivity (Wildman–Crippen MR) is 83.0 cm³/mol. The largest absolute Gasteiger partial charge is 0.303 e. The standard InChI is InChI=1S/C15H17BrFNS/c1-3-14(15-5-4-8-19-15)18-10(2)12-7-6-11(17)9-13(12)16/h4-10,14,18H,3H2,1-2H3. The second kappa shape index (κ2) is 6.64. The first kappa shape index (κ1) is 14.7. The Hall–Kier alpha value is -0.710. The molecule has 0 saturated heterocycles. The quantitative estimate of drug-likeness (QED) is 0.762. The van der Waals surface area contributed by atoms with E-state index in [2.05, 4.69) is 52.6 Å². The number of halogens is 2. The molecule has 1 aromatic carbocycles. The van der Waals surface area contributed by atoms with Gasteiger partial charge >= 0.3 is 0 Å². The van der Waals surface area contributed by atoms with Gasteiger partial charge < -0.3 is 5.32 Å². The van der Waals surface area contributed by atoms with Crippen molar-refractivity contribution in [1.29, 1.82) is 0 Å². The number of hydrogen-bond acceptors (Lipinski definition) is 2. The molecule has 0 fully saturated rings. The minimum Gasteiger partial charge on any atom is -0.303 e. The lowest BCUT2D eigenvalue weighted by atomic mass is 10.1. The molecule has 0 aliphatic carbocycles. The lowest BCUT2D eigenvalue weighted by molar-refractivity contribution is 0.460. The minimum atomic E-state index is -0.215. The summed E-state index contributed by atoms with van der Waals surface area (Å²) in [6.45, 7) is 4.28. The monoisotopic (exact) mass is 341 g/mol. The van der Waals surface area contributed by atoms with E-state index in [1.807, 2.05) is 6.07 Å². The summed E-state index contributed by atoms with van der Waals surface area (Å²) in [4.78, 5) is 1.34. The van der Waals surface area contributed by atoms with E-state index in [1.54, 1.807) is 11.3 Å². The van der Waals surface area contributed by atoms with Gasteiger partial charge in [-0.15, -0.1) is 11.3 Å². The Bertz CT molecular complexity index is 527. The molecule has 19 heavy (non-hydrogen) atoms. The summed E-state index contributed by atoms with van der Waals surface area (Å²) >= 11 is 5.20. The fourth-order valence-corrected chi connectivity index (χ4v) is 3.70. The molecule has 1 heterocycles. The van der Waals surface area contributed by atoms with E-state index in [0.717, 1.165) is 16.5 Å². The molecule has 1 N–H and O–H groups in total. The third-order valence-electron chi connectivity index (χ3n) is 3.18. The molecule has 0 radical (unpaired) electrons. The number of benzene rings is 1. The molecule has 102 valence electrons. The summed E-state index contributed by atoms with van der Waals surface area (Å²) in [5.74, 6) is -0.215. The molecule has 0 saturated carbocycles. The van der Waals surface area contributed by atoms with Gasteiger partial charge in [0.25, 0.3) is 0 Å². The molecule has 0 aliphatic heterocycles. The van der Waals surface area contributed by atoms with Crippen molar-refractivity contribution >= 4 is 27.3 Å². The van der Waals surface area contributed by atoms with Crippen LogP contribution in [-0.4, -0.2) is 0 Å². The van der Waals surface area contributed by atoms with Crippen LogP contribution in [0.25, 0.3) is 0 Å². The van der Waals surface area contributed by atoms with Crippen LogP contribution < -0.4 is 5.32 Å². The van der Waals surface area contributed by atoms with Gasteiger partial charge in [-0.2, -0.15) is 0 Å². The Morgan fingerprint density at radius 1 is 1.37 bits per heavy atom. The van der Waals surface area contributed by atoms with Crippen molar-refractivity contribution in [3.05, 3.63) is 56.4 Å². The molecule has 0 amide bonds. The number of hydrogen-bond donors (Lipinski definition) is 1. The lowest BCUT2D eigenvalue weighted by Gasteiger charge is -2.22. The van der Waals surface area contributed by atoms with Crippen LogP contribution in [0.15, 0.2) is 40.2 Å². The van der Waals surface area contributed by atoms with Gasteiger partial charge in [-0.1, -0.05) is 35.0 Å². The van der Waals surface area contributed by atoms with E-state index in [-0.39, 0.29) is 11.9 Å². The topological polar surface area (TPSA) is 12.0 Å². The van der Waals surface area contributed by atoms with E-state index >= 15 is 0 Å². The molecule has 4 heteroatoms. The highest BCUT2D eigenvalue weighted by Gasteiger charge is 2.16. The van der Waals surface area contributed by atoms with Gasteiger partial charge in [0, 0.05) is 21.4 Å². The number of thiophene rings is 1. The first-order valence-corrected chi connectivity index (χ1v) is 8.03. The molecule has 2 rings (SSSR count). The van der Waals surface area contributed by atoms with Gasteiger partial charge in [0.05, 0.1) is 0 Å². The molecular formula is C15H17BrFNS. The molecule has 0 aliphatic rings. The van der Waals surface area contributed by atoms with Crippen molar-refractivity contribution < 1.29 is 4.39 Å². The molecule has 2 unspecified atom stereocenters. The average molecular weight is 342 g/mol. The van der Waals surface area contributed by atoms with Crippen LogP contribution in [0.2, 0.25) is 0 Å². The Morgan fingerprint density at radius 2 is 2.16 bits per heavy atom. The van der Waals surface area contributed by atoms with E-state index in [4.69, 9.17) is 0 Å². The zero-order valence-corrected chi connectivity index (χ0v) is 13.4. The second-order valence-electron chi connectivity index (χ2n) is 4.53. The van der Waals surface area contributed by atoms with E-state index < -0.39 is 0 Å². The van der Waals surface area contributed by atoms with E-state index in [0.29, 0.717) is 6.04 Å². The Morgan fingerprint density at radius 3 is 2.74 bits per heavy atom. The molecule has 2 atom stereocenters. The highest BCUT2D eigenvalue weighted by Crippen LogP contribution is 2.29. The van der Waals surface area contributed by atoms with Crippen LogP contribution in [-0.2, 0) is 0 Å². The molecule has 1 nitrogen and oxygen atoms in total. The van der Waals surface area contributed by atoms with Gasteiger partial charge in [0.2, 0.25) is 0 Å². The highest BCUT2D eigenvalue weighted by molar-refractivity contribution is 9.10. The first-order valence-electron chi connectivity index (χ1n) is 6.36. The van der Waals surface area contributed by atoms with Crippen molar-refractivity contribution in [3.8, 4) is 0 Å². The molecule has 1 aromatic heterocycles. The summed E-state index contributed by atoms with van der Waals surface area (Å²) in [6.07, 6.45) is 1.03. The first-order chi connectivity index (χ1) is 9.11. The van der Waals surface area contributed by atoms with Crippen molar-refractivity contribution in [1.82, 2.24) is 5.32 Å².